The number of methoxy groups -OCH3 is 2. The van der Waals surface area contributed by atoms with E-state index in [0.717, 1.165) is 12.8 Å². The zero-order valence-corrected chi connectivity index (χ0v) is 10.5. The first kappa shape index (κ1) is 11.4. The van der Waals surface area contributed by atoms with Gasteiger partial charge in [0.25, 0.3) is 0 Å². The molecule has 0 saturated heterocycles. The molecule has 0 aliphatic heterocycles. The predicted molar refractivity (Wildman–Crippen MR) is 58.9 cm³/mol. The number of alkyl halides is 2. The van der Waals surface area contributed by atoms with Crippen LogP contribution in [0.25, 0.3) is 0 Å². The summed E-state index contributed by atoms with van der Waals surface area (Å²) in [6.45, 7) is 0. The highest BCUT2D eigenvalue weighted by atomic mass is 127. The van der Waals surface area contributed by atoms with Crippen molar-refractivity contribution in [3.05, 3.63) is 0 Å². The van der Waals surface area contributed by atoms with E-state index in [1.165, 1.54) is 0 Å². The summed E-state index contributed by atoms with van der Waals surface area (Å²) in [6.07, 6.45) is 2.11. The maximum atomic E-state index is 5.07. The van der Waals surface area contributed by atoms with Gasteiger partial charge in [-0.1, -0.05) is 45.2 Å². The molecule has 10 heavy (non-hydrogen) atoms. The van der Waals surface area contributed by atoms with Crippen LogP contribution in [0.2, 0.25) is 0 Å². The molecule has 0 N–H and O–H groups in total. The van der Waals surface area contributed by atoms with E-state index in [9.17, 15) is 0 Å². The highest BCUT2D eigenvalue weighted by molar-refractivity contribution is 14.1. The Morgan fingerprint density at radius 1 is 1.00 bits per heavy atom. The first-order chi connectivity index (χ1) is 4.70. The molecule has 0 rings (SSSR count). The fourth-order valence-electron chi connectivity index (χ4n) is 0.498. The van der Waals surface area contributed by atoms with Gasteiger partial charge in [0.05, 0.1) is 0 Å². The molecule has 0 amide bonds. The smallest absolute Gasteiger partial charge is 0.108 e. The Labute approximate surface area is 89.3 Å². The molecule has 0 fully saturated rings. The molecule has 62 valence electrons. The van der Waals surface area contributed by atoms with Gasteiger partial charge < -0.3 is 9.47 Å². The molecule has 0 aliphatic carbocycles. The summed E-state index contributed by atoms with van der Waals surface area (Å²) in [5, 5.41) is 0. The van der Waals surface area contributed by atoms with Crippen molar-refractivity contribution < 1.29 is 9.47 Å². The molecule has 4 heteroatoms. The van der Waals surface area contributed by atoms with Gasteiger partial charge in [0.1, 0.15) is 8.22 Å². The van der Waals surface area contributed by atoms with E-state index in [1.807, 2.05) is 0 Å². The van der Waals surface area contributed by atoms with E-state index in [2.05, 4.69) is 45.2 Å². The third-order valence-corrected chi connectivity index (χ3v) is 3.39. The Hall–Kier alpha value is 1.38. The molecular formula is C6H12I2O2. The number of ether oxygens (including phenoxy) is 2. The second-order valence-electron chi connectivity index (χ2n) is 1.87. The fourth-order valence-corrected chi connectivity index (χ4v) is 1.22. The molecule has 2 atom stereocenters. The highest BCUT2D eigenvalue weighted by Crippen LogP contribution is 2.15. The van der Waals surface area contributed by atoms with Crippen molar-refractivity contribution in [2.75, 3.05) is 14.2 Å². The minimum Gasteiger partial charge on any atom is -0.371 e. The van der Waals surface area contributed by atoms with Gasteiger partial charge in [-0.15, -0.1) is 0 Å². The third kappa shape index (κ3) is 6.11. The zero-order valence-electron chi connectivity index (χ0n) is 6.14. The lowest BCUT2D eigenvalue weighted by Crippen LogP contribution is -2.06. The topological polar surface area (TPSA) is 18.5 Å². The third-order valence-electron chi connectivity index (χ3n) is 1.13. The highest BCUT2D eigenvalue weighted by Gasteiger charge is 2.05. The molecule has 0 aliphatic rings. The van der Waals surface area contributed by atoms with Crippen molar-refractivity contribution in [1.82, 2.24) is 0 Å². The van der Waals surface area contributed by atoms with Crippen LogP contribution in [0.1, 0.15) is 12.8 Å². The quantitative estimate of drug-likeness (QED) is 0.547. The van der Waals surface area contributed by atoms with Gasteiger partial charge >= 0.3 is 0 Å². The lowest BCUT2D eigenvalue weighted by molar-refractivity contribution is 0.142. The standard InChI is InChI=1S/C6H12I2O2/c1-9-5(7)3-4-6(8)10-2/h5-6H,3-4H2,1-2H3. The second-order valence-corrected chi connectivity index (χ2v) is 4.65. The normalized spacial score (nSPS) is 16.8. The Kier molecular flexibility index (Phi) is 8.03. The largest absolute Gasteiger partial charge is 0.371 e. The van der Waals surface area contributed by atoms with Crippen LogP contribution in [0.15, 0.2) is 0 Å². The Morgan fingerprint density at radius 2 is 1.30 bits per heavy atom. The van der Waals surface area contributed by atoms with E-state index >= 15 is 0 Å². The lowest BCUT2D eigenvalue weighted by atomic mass is 10.3. The van der Waals surface area contributed by atoms with Gasteiger partial charge in [-0.25, -0.2) is 0 Å². The van der Waals surface area contributed by atoms with Crippen molar-refractivity contribution in [2.24, 2.45) is 0 Å². The molecule has 0 heterocycles. The van der Waals surface area contributed by atoms with Gasteiger partial charge in [-0.05, 0) is 12.8 Å². The Morgan fingerprint density at radius 3 is 1.50 bits per heavy atom. The van der Waals surface area contributed by atoms with Crippen molar-refractivity contribution in [1.29, 1.82) is 0 Å². The summed E-state index contributed by atoms with van der Waals surface area (Å²) in [6, 6.07) is 0. The van der Waals surface area contributed by atoms with E-state index in [4.69, 9.17) is 9.47 Å². The van der Waals surface area contributed by atoms with Gasteiger partial charge in [0, 0.05) is 14.2 Å². The summed E-state index contributed by atoms with van der Waals surface area (Å²) in [5.41, 5.74) is 0. The van der Waals surface area contributed by atoms with E-state index in [1.54, 1.807) is 14.2 Å². The molecule has 2 nitrogen and oxygen atoms in total. The molecule has 0 saturated carbocycles. The number of hydrogen-bond donors (Lipinski definition) is 0. The van der Waals surface area contributed by atoms with E-state index < -0.39 is 0 Å². The summed E-state index contributed by atoms with van der Waals surface area (Å²) in [5.74, 6) is 0. The average Bonchev–Trinajstić information content (AvgIpc) is 1.99. The number of halogens is 2. The maximum Gasteiger partial charge on any atom is 0.108 e. The maximum absolute atomic E-state index is 5.07. The SMILES string of the molecule is COC(I)CCC(I)OC. The number of rotatable bonds is 5. The van der Waals surface area contributed by atoms with Gasteiger partial charge in [-0.3, -0.25) is 0 Å². The predicted octanol–water partition coefficient (Wildman–Crippen LogP) is 2.58. The zero-order chi connectivity index (χ0) is 7.98. The number of hydrogen-bond acceptors (Lipinski definition) is 2. The molecule has 0 aromatic heterocycles. The summed E-state index contributed by atoms with van der Waals surface area (Å²) >= 11 is 4.55. The van der Waals surface area contributed by atoms with Crippen molar-refractivity contribution in [3.63, 3.8) is 0 Å². The fraction of sp³-hybridized carbons (Fsp3) is 1.00. The van der Waals surface area contributed by atoms with Crippen LogP contribution in [0.5, 0.6) is 0 Å². The van der Waals surface area contributed by atoms with E-state index in [0.29, 0.717) is 8.22 Å². The first-order valence-corrected chi connectivity index (χ1v) is 5.53. The molecule has 0 aromatic rings. The second kappa shape index (κ2) is 7.05. The van der Waals surface area contributed by atoms with Crippen molar-refractivity contribution in [2.45, 2.75) is 21.1 Å². The van der Waals surface area contributed by atoms with Crippen LogP contribution in [0.4, 0.5) is 0 Å². The van der Waals surface area contributed by atoms with Crippen molar-refractivity contribution in [3.8, 4) is 0 Å². The average molecular weight is 370 g/mol. The van der Waals surface area contributed by atoms with Gasteiger partial charge in [0.2, 0.25) is 0 Å². The van der Waals surface area contributed by atoms with Crippen LogP contribution < -0.4 is 0 Å². The van der Waals surface area contributed by atoms with Crippen LogP contribution >= 0.6 is 45.2 Å². The lowest BCUT2D eigenvalue weighted by Gasteiger charge is -2.10. The summed E-state index contributed by atoms with van der Waals surface area (Å²) < 4.78 is 10.8. The minimum atomic E-state index is 0.324. The van der Waals surface area contributed by atoms with Crippen LogP contribution in [0, 0.1) is 0 Å². The Balaban J connectivity index is 3.17. The molecule has 2 unspecified atom stereocenters. The van der Waals surface area contributed by atoms with Crippen LogP contribution in [-0.4, -0.2) is 22.4 Å². The monoisotopic (exact) mass is 370 g/mol. The van der Waals surface area contributed by atoms with Gasteiger partial charge in [-0.2, -0.15) is 0 Å². The Bertz CT molecular complexity index is 70.1. The molecular weight excluding hydrogens is 358 g/mol. The minimum absolute atomic E-state index is 0.324. The molecule has 0 radical (unpaired) electrons. The van der Waals surface area contributed by atoms with Gasteiger partial charge in [0.15, 0.2) is 0 Å². The molecule has 0 bridgehead atoms. The summed E-state index contributed by atoms with van der Waals surface area (Å²) in [7, 11) is 3.46. The van der Waals surface area contributed by atoms with Crippen molar-refractivity contribution >= 4 is 45.2 Å². The first-order valence-electron chi connectivity index (χ1n) is 3.04. The van der Waals surface area contributed by atoms with E-state index in [-0.39, 0.29) is 0 Å². The summed E-state index contributed by atoms with van der Waals surface area (Å²) in [4.78, 5) is 0. The molecule has 0 aromatic carbocycles. The molecule has 0 spiro atoms. The van der Waals surface area contributed by atoms with Crippen LogP contribution in [-0.2, 0) is 9.47 Å². The van der Waals surface area contributed by atoms with Crippen LogP contribution in [0.3, 0.4) is 0 Å².